The molecule has 1 aromatic rings. The maximum absolute atomic E-state index is 5.76. The maximum Gasteiger partial charge on any atom is 0.191 e. The zero-order valence-electron chi connectivity index (χ0n) is 17.2. The van der Waals surface area contributed by atoms with Crippen LogP contribution in [-0.2, 0) is 16.0 Å². The van der Waals surface area contributed by atoms with Crippen molar-refractivity contribution in [3.05, 3.63) is 23.9 Å². The van der Waals surface area contributed by atoms with E-state index in [1.807, 2.05) is 12.3 Å². The molecule has 0 amide bonds. The van der Waals surface area contributed by atoms with Gasteiger partial charge < -0.3 is 25.0 Å². The molecule has 156 valence electrons. The summed E-state index contributed by atoms with van der Waals surface area (Å²) in [5.41, 5.74) is 1.19. The van der Waals surface area contributed by atoms with Crippen molar-refractivity contribution in [1.82, 2.24) is 15.6 Å². The van der Waals surface area contributed by atoms with Gasteiger partial charge in [-0.2, -0.15) is 0 Å². The van der Waals surface area contributed by atoms with E-state index in [4.69, 9.17) is 14.5 Å². The van der Waals surface area contributed by atoms with E-state index in [1.54, 1.807) is 0 Å². The van der Waals surface area contributed by atoms with Crippen molar-refractivity contribution in [3.63, 3.8) is 0 Å². The Kier molecular flexibility index (Phi) is 8.84. The fourth-order valence-electron chi connectivity index (χ4n) is 3.54. The number of pyridine rings is 1. The molecular formula is C21H35N5O2. The van der Waals surface area contributed by atoms with Gasteiger partial charge in [-0.25, -0.2) is 9.98 Å². The summed E-state index contributed by atoms with van der Waals surface area (Å²) in [6.45, 7) is 9.97. The predicted molar refractivity (Wildman–Crippen MR) is 113 cm³/mol. The average molecular weight is 390 g/mol. The molecule has 0 aromatic carbocycles. The highest BCUT2D eigenvalue weighted by Gasteiger charge is 2.15. The monoisotopic (exact) mass is 389 g/mol. The largest absolute Gasteiger partial charge is 0.381 e. The Morgan fingerprint density at radius 3 is 3.04 bits per heavy atom. The Morgan fingerprint density at radius 1 is 1.36 bits per heavy atom. The molecule has 1 aromatic heterocycles. The molecule has 2 N–H and O–H groups in total. The third kappa shape index (κ3) is 6.95. The van der Waals surface area contributed by atoms with Crippen LogP contribution in [0.2, 0.25) is 0 Å². The van der Waals surface area contributed by atoms with Gasteiger partial charge >= 0.3 is 0 Å². The minimum Gasteiger partial charge on any atom is -0.381 e. The van der Waals surface area contributed by atoms with E-state index in [0.717, 1.165) is 77.2 Å². The number of hydrogen-bond donors (Lipinski definition) is 2. The molecule has 3 heterocycles. The van der Waals surface area contributed by atoms with Gasteiger partial charge in [-0.1, -0.05) is 0 Å². The number of anilines is 1. The van der Waals surface area contributed by atoms with E-state index >= 15 is 0 Å². The van der Waals surface area contributed by atoms with Crippen LogP contribution in [0.25, 0.3) is 0 Å². The summed E-state index contributed by atoms with van der Waals surface area (Å²) >= 11 is 0. The fraction of sp³-hybridized carbons (Fsp3) is 0.714. The second-order valence-corrected chi connectivity index (χ2v) is 7.50. The normalized spacial score (nSPS) is 20.0. The minimum atomic E-state index is 0.581. The van der Waals surface area contributed by atoms with Crippen molar-refractivity contribution in [3.8, 4) is 0 Å². The van der Waals surface area contributed by atoms with Crippen LogP contribution < -0.4 is 15.5 Å². The highest BCUT2D eigenvalue weighted by molar-refractivity contribution is 5.79. The van der Waals surface area contributed by atoms with Gasteiger partial charge in [0.1, 0.15) is 5.82 Å². The SMILES string of the molecule is CCNC(=NCc1ccnc(N2CCCC2)c1)NCCCOCC1CCOC1. The number of aromatic nitrogens is 1. The third-order valence-corrected chi connectivity index (χ3v) is 5.14. The zero-order chi connectivity index (χ0) is 19.4. The number of nitrogens with one attached hydrogen (secondary N) is 2. The lowest BCUT2D eigenvalue weighted by atomic mass is 10.1. The van der Waals surface area contributed by atoms with Crippen LogP contribution >= 0.6 is 0 Å². The predicted octanol–water partition coefficient (Wildman–Crippen LogP) is 2.18. The lowest BCUT2D eigenvalue weighted by molar-refractivity contribution is 0.0888. The summed E-state index contributed by atoms with van der Waals surface area (Å²) in [5, 5.41) is 6.71. The second-order valence-electron chi connectivity index (χ2n) is 7.50. The van der Waals surface area contributed by atoms with Crippen LogP contribution in [0.5, 0.6) is 0 Å². The Morgan fingerprint density at radius 2 is 2.25 bits per heavy atom. The molecule has 2 fully saturated rings. The van der Waals surface area contributed by atoms with Crippen LogP contribution in [-0.4, -0.2) is 63.6 Å². The summed E-state index contributed by atoms with van der Waals surface area (Å²) in [6.07, 6.45) is 6.51. The molecule has 1 atom stereocenters. The molecule has 0 aliphatic carbocycles. The summed E-state index contributed by atoms with van der Waals surface area (Å²) in [6, 6.07) is 4.21. The van der Waals surface area contributed by atoms with Crippen LogP contribution in [0, 0.1) is 5.92 Å². The number of ether oxygens (including phenoxy) is 2. The first-order valence-electron chi connectivity index (χ1n) is 10.7. The number of hydrogen-bond acceptors (Lipinski definition) is 5. The molecule has 2 aliphatic rings. The summed E-state index contributed by atoms with van der Waals surface area (Å²) in [7, 11) is 0. The molecule has 1 unspecified atom stereocenters. The van der Waals surface area contributed by atoms with Crippen molar-refractivity contribution in [1.29, 1.82) is 0 Å². The molecule has 0 radical (unpaired) electrons. The summed E-state index contributed by atoms with van der Waals surface area (Å²) in [5.74, 6) is 2.51. The smallest absolute Gasteiger partial charge is 0.191 e. The molecule has 0 saturated carbocycles. The number of nitrogens with zero attached hydrogens (tertiary/aromatic N) is 3. The first kappa shape index (κ1) is 20.9. The number of guanidine groups is 1. The van der Waals surface area contributed by atoms with Gasteiger partial charge in [0, 0.05) is 51.5 Å². The Bertz CT molecular complexity index is 598. The van der Waals surface area contributed by atoms with Crippen molar-refractivity contribution in [2.75, 3.05) is 57.5 Å². The van der Waals surface area contributed by atoms with Crippen LogP contribution in [0.4, 0.5) is 5.82 Å². The van der Waals surface area contributed by atoms with E-state index in [0.29, 0.717) is 12.5 Å². The third-order valence-electron chi connectivity index (χ3n) is 5.14. The van der Waals surface area contributed by atoms with Crippen molar-refractivity contribution in [2.24, 2.45) is 10.9 Å². The van der Waals surface area contributed by atoms with Crippen molar-refractivity contribution < 1.29 is 9.47 Å². The quantitative estimate of drug-likeness (QED) is 0.363. The number of rotatable bonds is 10. The van der Waals surface area contributed by atoms with Crippen LogP contribution in [0.1, 0.15) is 38.2 Å². The molecule has 28 heavy (non-hydrogen) atoms. The van der Waals surface area contributed by atoms with Gasteiger partial charge in [0.2, 0.25) is 0 Å². The molecule has 0 bridgehead atoms. The first-order chi connectivity index (χ1) is 13.8. The molecule has 3 rings (SSSR count). The maximum atomic E-state index is 5.76. The average Bonchev–Trinajstić information content (AvgIpc) is 3.43. The Balaban J connectivity index is 1.38. The van der Waals surface area contributed by atoms with Gasteiger partial charge in [-0.05, 0) is 50.3 Å². The fourth-order valence-corrected chi connectivity index (χ4v) is 3.54. The van der Waals surface area contributed by atoms with Gasteiger partial charge in [0.25, 0.3) is 0 Å². The highest BCUT2D eigenvalue weighted by atomic mass is 16.5. The van der Waals surface area contributed by atoms with Gasteiger partial charge in [-0.3, -0.25) is 0 Å². The molecule has 2 aliphatic heterocycles. The zero-order valence-corrected chi connectivity index (χ0v) is 17.2. The standard InChI is InChI=1S/C21H35N5O2/c1-2-22-21(24-8-5-12-27-16-19-7-13-28-17-19)25-15-18-6-9-23-20(14-18)26-10-3-4-11-26/h6,9,14,19H,2-5,7-8,10-13,15-17H2,1H3,(H2,22,24,25). The van der Waals surface area contributed by atoms with E-state index < -0.39 is 0 Å². The van der Waals surface area contributed by atoms with Gasteiger partial charge in [-0.15, -0.1) is 0 Å². The van der Waals surface area contributed by atoms with E-state index in [2.05, 4.69) is 33.5 Å². The Hall–Kier alpha value is -1.86. The molecule has 7 nitrogen and oxygen atoms in total. The minimum absolute atomic E-state index is 0.581. The van der Waals surface area contributed by atoms with Crippen molar-refractivity contribution >= 4 is 11.8 Å². The van der Waals surface area contributed by atoms with E-state index in [-0.39, 0.29) is 0 Å². The Labute approximate surface area is 168 Å². The van der Waals surface area contributed by atoms with Crippen LogP contribution in [0.3, 0.4) is 0 Å². The molecule has 7 heteroatoms. The van der Waals surface area contributed by atoms with Gasteiger partial charge in [0.05, 0.1) is 19.8 Å². The topological polar surface area (TPSA) is 71.0 Å². The molecule has 0 spiro atoms. The molecular weight excluding hydrogens is 354 g/mol. The lowest BCUT2D eigenvalue weighted by Crippen LogP contribution is -2.38. The van der Waals surface area contributed by atoms with Crippen molar-refractivity contribution in [2.45, 2.75) is 39.2 Å². The van der Waals surface area contributed by atoms with E-state index in [1.165, 1.54) is 18.4 Å². The summed E-state index contributed by atoms with van der Waals surface area (Å²) < 4.78 is 11.1. The van der Waals surface area contributed by atoms with Gasteiger partial charge in [0.15, 0.2) is 5.96 Å². The number of aliphatic imine (C=N–C) groups is 1. The lowest BCUT2D eigenvalue weighted by Gasteiger charge is -2.16. The first-order valence-corrected chi connectivity index (χ1v) is 10.7. The van der Waals surface area contributed by atoms with Crippen LogP contribution in [0.15, 0.2) is 23.3 Å². The summed E-state index contributed by atoms with van der Waals surface area (Å²) in [4.78, 5) is 11.6. The van der Waals surface area contributed by atoms with E-state index in [9.17, 15) is 0 Å². The molecule has 2 saturated heterocycles. The second kappa shape index (κ2) is 11.9. The highest BCUT2D eigenvalue weighted by Crippen LogP contribution is 2.18.